The minimum atomic E-state index is -0.229. The predicted octanol–water partition coefficient (Wildman–Crippen LogP) is 2.93. The van der Waals surface area contributed by atoms with Crippen molar-refractivity contribution in [2.75, 3.05) is 6.54 Å². The molecule has 1 atom stereocenters. The zero-order valence-electron chi connectivity index (χ0n) is 11.0. The lowest BCUT2D eigenvalue weighted by Crippen LogP contribution is -2.23. The van der Waals surface area contributed by atoms with Gasteiger partial charge in [-0.2, -0.15) is 0 Å². The Hall–Kier alpha value is -1.32. The Kier molecular flexibility index (Phi) is 4.39. The van der Waals surface area contributed by atoms with E-state index in [0.29, 0.717) is 12.5 Å². The summed E-state index contributed by atoms with van der Waals surface area (Å²) in [6.45, 7) is 5.57. The van der Waals surface area contributed by atoms with Crippen LogP contribution in [0.1, 0.15) is 26.0 Å². The number of aliphatic hydroxyl groups excluding tert-OH is 1. The van der Waals surface area contributed by atoms with Crippen LogP contribution in [0.2, 0.25) is 0 Å². The van der Waals surface area contributed by atoms with E-state index in [1.807, 2.05) is 38.1 Å². The first-order chi connectivity index (χ1) is 8.66. The smallest absolute Gasteiger partial charge is 0.134 e. The maximum absolute atomic E-state index is 9.67. The molecule has 2 rings (SSSR count). The molecule has 0 saturated heterocycles. The normalized spacial score (nSPS) is 13.3. The molecule has 0 fully saturated rings. The van der Waals surface area contributed by atoms with E-state index >= 15 is 0 Å². The molecule has 0 amide bonds. The van der Waals surface area contributed by atoms with Crippen LogP contribution in [0.15, 0.2) is 34.7 Å². The zero-order chi connectivity index (χ0) is 13.0. The molecule has 0 aliphatic heterocycles. The molecule has 0 spiro atoms. The van der Waals surface area contributed by atoms with Crippen LogP contribution in [0.3, 0.4) is 0 Å². The van der Waals surface area contributed by atoms with Crippen molar-refractivity contribution >= 4 is 11.0 Å². The molecule has 3 heteroatoms. The molecular weight excluding hydrogens is 226 g/mol. The van der Waals surface area contributed by atoms with Crippen LogP contribution in [0.5, 0.6) is 0 Å². The lowest BCUT2D eigenvalue weighted by atomic mass is 10.0. The van der Waals surface area contributed by atoms with Gasteiger partial charge < -0.3 is 14.8 Å². The summed E-state index contributed by atoms with van der Waals surface area (Å²) < 4.78 is 5.70. The van der Waals surface area contributed by atoms with Crippen LogP contribution in [-0.4, -0.2) is 17.8 Å². The second kappa shape index (κ2) is 6.03. The van der Waals surface area contributed by atoms with Crippen LogP contribution < -0.4 is 5.32 Å². The molecule has 18 heavy (non-hydrogen) atoms. The first-order valence-electron chi connectivity index (χ1n) is 6.53. The van der Waals surface area contributed by atoms with Crippen LogP contribution >= 0.6 is 0 Å². The van der Waals surface area contributed by atoms with Gasteiger partial charge in [0.2, 0.25) is 0 Å². The van der Waals surface area contributed by atoms with Gasteiger partial charge in [-0.1, -0.05) is 32.0 Å². The van der Waals surface area contributed by atoms with Crippen molar-refractivity contribution in [3.8, 4) is 0 Å². The van der Waals surface area contributed by atoms with E-state index in [2.05, 4.69) is 11.4 Å². The number of furan rings is 1. The highest BCUT2D eigenvalue weighted by Crippen LogP contribution is 2.18. The molecule has 3 nitrogen and oxygen atoms in total. The molecule has 0 aliphatic rings. The van der Waals surface area contributed by atoms with Gasteiger partial charge in [-0.25, -0.2) is 0 Å². The van der Waals surface area contributed by atoms with Gasteiger partial charge in [0.05, 0.1) is 12.6 Å². The quantitative estimate of drug-likeness (QED) is 0.771. The standard InChI is InChI=1S/C15H21NO2/c1-11(2)14(17)7-8-16-10-13-9-12-5-3-4-6-15(12)18-13/h3-6,9,11,14,16-17H,7-8,10H2,1-2H3. The highest BCUT2D eigenvalue weighted by atomic mass is 16.3. The average molecular weight is 247 g/mol. The van der Waals surface area contributed by atoms with Gasteiger partial charge in [-0.3, -0.25) is 0 Å². The van der Waals surface area contributed by atoms with Gasteiger partial charge in [0, 0.05) is 5.39 Å². The summed E-state index contributed by atoms with van der Waals surface area (Å²) in [7, 11) is 0. The molecule has 2 N–H and O–H groups in total. The summed E-state index contributed by atoms with van der Waals surface area (Å²) in [4.78, 5) is 0. The second-order valence-corrected chi connectivity index (χ2v) is 5.03. The Morgan fingerprint density at radius 1 is 1.28 bits per heavy atom. The van der Waals surface area contributed by atoms with Crippen molar-refractivity contribution in [1.82, 2.24) is 5.32 Å². The van der Waals surface area contributed by atoms with Gasteiger partial charge >= 0.3 is 0 Å². The predicted molar refractivity (Wildman–Crippen MR) is 73.4 cm³/mol. The monoisotopic (exact) mass is 247 g/mol. The summed E-state index contributed by atoms with van der Waals surface area (Å²) in [6, 6.07) is 10.1. The molecule has 0 radical (unpaired) electrons. The maximum atomic E-state index is 9.67. The van der Waals surface area contributed by atoms with Crippen LogP contribution in [0.4, 0.5) is 0 Å². The summed E-state index contributed by atoms with van der Waals surface area (Å²) in [6.07, 6.45) is 0.547. The van der Waals surface area contributed by atoms with E-state index in [1.165, 1.54) is 0 Å². The van der Waals surface area contributed by atoms with Crippen molar-refractivity contribution in [2.45, 2.75) is 32.9 Å². The van der Waals surface area contributed by atoms with Crippen molar-refractivity contribution < 1.29 is 9.52 Å². The number of para-hydroxylation sites is 1. The molecule has 2 aromatic rings. The van der Waals surface area contributed by atoms with Crippen molar-refractivity contribution in [3.63, 3.8) is 0 Å². The molecule has 0 saturated carbocycles. The maximum Gasteiger partial charge on any atom is 0.134 e. The first kappa shape index (κ1) is 13.1. The summed E-state index contributed by atoms with van der Waals surface area (Å²) >= 11 is 0. The minimum Gasteiger partial charge on any atom is -0.460 e. The van der Waals surface area contributed by atoms with E-state index in [0.717, 1.165) is 29.7 Å². The fourth-order valence-electron chi connectivity index (χ4n) is 1.92. The lowest BCUT2D eigenvalue weighted by Gasteiger charge is -2.13. The Morgan fingerprint density at radius 2 is 2.06 bits per heavy atom. The number of aliphatic hydroxyl groups is 1. The third-order valence-electron chi connectivity index (χ3n) is 3.16. The molecule has 0 bridgehead atoms. The van der Waals surface area contributed by atoms with Crippen LogP contribution in [0, 0.1) is 5.92 Å². The molecule has 1 unspecified atom stereocenters. The van der Waals surface area contributed by atoms with Gasteiger partial charge in [0.15, 0.2) is 0 Å². The number of rotatable bonds is 6. The molecular formula is C15H21NO2. The van der Waals surface area contributed by atoms with Crippen LogP contribution in [-0.2, 0) is 6.54 Å². The fraction of sp³-hybridized carbons (Fsp3) is 0.467. The number of hydrogen-bond donors (Lipinski definition) is 2. The van der Waals surface area contributed by atoms with E-state index in [9.17, 15) is 5.11 Å². The largest absolute Gasteiger partial charge is 0.460 e. The van der Waals surface area contributed by atoms with Gasteiger partial charge in [-0.15, -0.1) is 0 Å². The molecule has 1 aromatic heterocycles. The van der Waals surface area contributed by atoms with E-state index < -0.39 is 0 Å². The van der Waals surface area contributed by atoms with Gasteiger partial charge in [0.1, 0.15) is 11.3 Å². The Labute approximate surface area is 108 Å². The Balaban J connectivity index is 1.80. The van der Waals surface area contributed by atoms with Crippen molar-refractivity contribution in [1.29, 1.82) is 0 Å². The minimum absolute atomic E-state index is 0.229. The number of fused-ring (bicyclic) bond motifs is 1. The third-order valence-corrected chi connectivity index (χ3v) is 3.16. The highest BCUT2D eigenvalue weighted by molar-refractivity contribution is 5.77. The van der Waals surface area contributed by atoms with Crippen LogP contribution in [0.25, 0.3) is 11.0 Å². The fourth-order valence-corrected chi connectivity index (χ4v) is 1.92. The SMILES string of the molecule is CC(C)C(O)CCNCc1cc2ccccc2o1. The van der Waals surface area contributed by atoms with Crippen molar-refractivity contribution in [3.05, 3.63) is 36.1 Å². The average Bonchev–Trinajstić information content (AvgIpc) is 2.76. The second-order valence-electron chi connectivity index (χ2n) is 5.03. The first-order valence-corrected chi connectivity index (χ1v) is 6.53. The molecule has 1 heterocycles. The zero-order valence-corrected chi connectivity index (χ0v) is 11.0. The topological polar surface area (TPSA) is 45.4 Å². The Morgan fingerprint density at radius 3 is 2.78 bits per heavy atom. The number of hydrogen-bond acceptors (Lipinski definition) is 3. The van der Waals surface area contributed by atoms with Gasteiger partial charge in [0.25, 0.3) is 0 Å². The number of benzene rings is 1. The molecule has 98 valence electrons. The third kappa shape index (κ3) is 3.34. The van der Waals surface area contributed by atoms with Gasteiger partial charge in [-0.05, 0) is 31.0 Å². The Bertz CT molecular complexity index is 457. The summed E-state index contributed by atoms with van der Waals surface area (Å²) in [5, 5.41) is 14.1. The van der Waals surface area contributed by atoms with E-state index in [4.69, 9.17) is 4.42 Å². The summed E-state index contributed by atoms with van der Waals surface area (Å²) in [5.41, 5.74) is 0.927. The lowest BCUT2D eigenvalue weighted by molar-refractivity contribution is 0.116. The van der Waals surface area contributed by atoms with E-state index in [-0.39, 0.29) is 6.10 Å². The molecule has 0 aliphatic carbocycles. The number of nitrogens with one attached hydrogen (secondary N) is 1. The van der Waals surface area contributed by atoms with Crippen molar-refractivity contribution in [2.24, 2.45) is 5.92 Å². The highest BCUT2D eigenvalue weighted by Gasteiger charge is 2.08. The van der Waals surface area contributed by atoms with E-state index in [1.54, 1.807) is 0 Å². The molecule has 1 aromatic carbocycles. The summed E-state index contributed by atoms with van der Waals surface area (Å²) in [5.74, 6) is 1.26.